The first-order valence-corrected chi connectivity index (χ1v) is 5.63. The van der Waals surface area contributed by atoms with E-state index >= 15 is 0 Å². The average Bonchev–Trinajstić information content (AvgIpc) is 2.23. The normalized spacial score (nSPS) is 23.8. The third-order valence-corrected chi connectivity index (χ3v) is 3.07. The van der Waals surface area contributed by atoms with E-state index in [0.29, 0.717) is 18.9 Å². The highest BCUT2D eigenvalue weighted by Crippen LogP contribution is 2.32. The van der Waals surface area contributed by atoms with Gasteiger partial charge in [-0.2, -0.15) is 13.2 Å². The zero-order valence-electron chi connectivity index (χ0n) is 9.47. The van der Waals surface area contributed by atoms with E-state index in [0.717, 1.165) is 12.1 Å². The van der Waals surface area contributed by atoms with Gasteiger partial charge in [0.25, 0.3) is 0 Å². The first kappa shape index (κ1) is 13.3. The number of aliphatic hydroxyl groups excluding tert-OH is 1. The molecule has 2 N–H and O–H groups in total. The molecule has 1 aromatic carbocycles. The van der Waals surface area contributed by atoms with Gasteiger partial charge >= 0.3 is 6.18 Å². The van der Waals surface area contributed by atoms with Crippen LogP contribution in [-0.4, -0.2) is 17.3 Å². The Kier molecular flexibility index (Phi) is 3.59. The number of hydrogen-bond donors (Lipinski definition) is 2. The van der Waals surface area contributed by atoms with E-state index in [1.807, 2.05) is 0 Å². The summed E-state index contributed by atoms with van der Waals surface area (Å²) in [6.45, 7) is 0.0203. The maximum atomic E-state index is 12.9. The van der Waals surface area contributed by atoms with Crippen molar-refractivity contribution in [3.05, 3.63) is 35.1 Å². The van der Waals surface area contributed by atoms with Crippen molar-refractivity contribution in [3.8, 4) is 0 Å². The second-order valence-corrected chi connectivity index (χ2v) is 4.50. The Morgan fingerprint density at radius 1 is 1.28 bits per heavy atom. The van der Waals surface area contributed by atoms with Crippen LogP contribution in [0.5, 0.6) is 0 Å². The summed E-state index contributed by atoms with van der Waals surface area (Å²) in [5, 5.41) is 12.0. The number of nitrogens with one attached hydrogen (secondary N) is 1. The van der Waals surface area contributed by atoms with Crippen LogP contribution in [0.4, 0.5) is 17.6 Å². The predicted molar refractivity (Wildman–Crippen MR) is 57.3 cm³/mol. The summed E-state index contributed by atoms with van der Waals surface area (Å²) in [5.41, 5.74) is -0.930. The van der Waals surface area contributed by atoms with Crippen LogP contribution in [0.25, 0.3) is 0 Å². The number of aliphatic hydroxyl groups is 1. The Balaban J connectivity index is 2.07. The highest BCUT2D eigenvalue weighted by atomic mass is 19.4. The quantitative estimate of drug-likeness (QED) is 0.821. The molecule has 2 nitrogen and oxygen atoms in total. The minimum atomic E-state index is -4.56. The zero-order chi connectivity index (χ0) is 13.3. The van der Waals surface area contributed by atoms with Gasteiger partial charge in [0.1, 0.15) is 5.82 Å². The number of alkyl halides is 3. The highest BCUT2D eigenvalue weighted by molar-refractivity contribution is 5.30. The molecule has 1 fully saturated rings. The van der Waals surface area contributed by atoms with Crippen molar-refractivity contribution in [1.29, 1.82) is 0 Å². The Morgan fingerprint density at radius 3 is 2.50 bits per heavy atom. The van der Waals surface area contributed by atoms with Crippen molar-refractivity contribution >= 4 is 0 Å². The van der Waals surface area contributed by atoms with E-state index in [1.165, 1.54) is 0 Å². The van der Waals surface area contributed by atoms with Gasteiger partial charge in [-0.3, -0.25) is 0 Å². The molecular formula is C12H13F4NO. The number of rotatable bonds is 3. The number of hydrogen-bond acceptors (Lipinski definition) is 2. The molecule has 0 atom stereocenters. The van der Waals surface area contributed by atoms with E-state index in [4.69, 9.17) is 5.11 Å². The van der Waals surface area contributed by atoms with E-state index in [1.54, 1.807) is 0 Å². The Morgan fingerprint density at radius 2 is 1.94 bits per heavy atom. The molecule has 1 aliphatic carbocycles. The summed E-state index contributed by atoms with van der Waals surface area (Å²) >= 11 is 0. The first-order chi connectivity index (χ1) is 8.36. The smallest absolute Gasteiger partial charge is 0.393 e. The lowest BCUT2D eigenvalue weighted by Gasteiger charge is -2.32. The van der Waals surface area contributed by atoms with Gasteiger partial charge in [0.2, 0.25) is 0 Å². The van der Waals surface area contributed by atoms with Gasteiger partial charge in [-0.15, -0.1) is 0 Å². The van der Waals surface area contributed by atoms with Crippen LogP contribution in [0.3, 0.4) is 0 Å². The lowest BCUT2D eigenvalue weighted by molar-refractivity contribution is -0.138. The summed E-state index contributed by atoms with van der Waals surface area (Å²) in [7, 11) is 0. The fraction of sp³-hybridized carbons (Fsp3) is 0.500. The van der Waals surface area contributed by atoms with Crippen LogP contribution >= 0.6 is 0 Å². The molecule has 0 unspecified atom stereocenters. The van der Waals surface area contributed by atoms with Crippen LogP contribution in [-0.2, 0) is 12.7 Å². The molecule has 18 heavy (non-hydrogen) atoms. The van der Waals surface area contributed by atoms with Gasteiger partial charge in [-0.25, -0.2) is 4.39 Å². The zero-order valence-corrected chi connectivity index (χ0v) is 9.47. The van der Waals surface area contributed by atoms with Gasteiger partial charge in [0.05, 0.1) is 11.7 Å². The van der Waals surface area contributed by atoms with Gasteiger partial charge in [-0.1, -0.05) is 6.07 Å². The molecule has 0 spiro atoms. The molecule has 0 aliphatic heterocycles. The van der Waals surface area contributed by atoms with E-state index in [2.05, 4.69) is 5.32 Å². The fourth-order valence-corrected chi connectivity index (χ4v) is 1.98. The second-order valence-electron chi connectivity index (χ2n) is 4.50. The van der Waals surface area contributed by atoms with Gasteiger partial charge in [0.15, 0.2) is 0 Å². The van der Waals surface area contributed by atoms with Crippen molar-refractivity contribution in [2.75, 3.05) is 0 Å². The summed E-state index contributed by atoms with van der Waals surface area (Å²) < 4.78 is 50.9. The van der Waals surface area contributed by atoms with Crippen LogP contribution in [0, 0.1) is 5.82 Å². The molecule has 0 radical (unpaired) electrons. The maximum Gasteiger partial charge on any atom is 0.416 e. The summed E-state index contributed by atoms with van der Waals surface area (Å²) in [5.74, 6) is -0.898. The molecule has 0 bridgehead atoms. The van der Waals surface area contributed by atoms with Crippen molar-refractivity contribution in [2.45, 2.75) is 37.7 Å². The monoisotopic (exact) mass is 263 g/mol. The van der Waals surface area contributed by atoms with E-state index in [-0.39, 0.29) is 24.3 Å². The molecular weight excluding hydrogens is 250 g/mol. The molecule has 6 heteroatoms. The standard InChI is InChI=1S/C12H13F4NO/c13-8-2-1-7(11(3-8)12(14,15)16)6-17-9-4-10(18)5-9/h1-3,9-10,17-18H,4-6H2. The van der Waals surface area contributed by atoms with Crippen molar-refractivity contribution < 1.29 is 22.7 Å². The van der Waals surface area contributed by atoms with Crippen LogP contribution in [0.2, 0.25) is 0 Å². The SMILES string of the molecule is OC1CC(NCc2ccc(F)cc2C(F)(F)F)C1. The van der Waals surface area contributed by atoms with Gasteiger partial charge in [-0.05, 0) is 30.5 Å². The molecule has 0 saturated heterocycles. The third kappa shape index (κ3) is 3.00. The molecule has 0 heterocycles. The third-order valence-electron chi connectivity index (χ3n) is 3.07. The van der Waals surface area contributed by atoms with Crippen LogP contribution in [0.1, 0.15) is 24.0 Å². The number of halogens is 4. The van der Waals surface area contributed by atoms with Crippen LogP contribution in [0.15, 0.2) is 18.2 Å². The van der Waals surface area contributed by atoms with Crippen molar-refractivity contribution in [3.63, 3.8) is 0 Å². The maximum absolute atomic E-state index is 12.9. The lowest BCUT2D eigenvalue weighted by Crippen LogP contribution is -2.43. The number of benzene rings is 1. The molecule has 1 saturated carbocycles. The first-order valence-electron chi connectivity index (χ1n) is 5.63. The summed E-state index contributed by atoms with van der Waals surface area (Å²) in [6, 6.07) is 2.69. The summed E-state index contributed by atoms with van der Waals surface area (Å²) in [6.07, 6.45) is -3.83. The fourth-order valence-electron chi connectivity index (χ4n) is 1.98. The molecule has 0 aromatic heterocycles. The Bertz CT molecular complexity index is 427. The molecule has 0 amide bonds. The Hall–Kier alpha value is -1.14. The minimum Gasteiger partial charge on any atom is -0.393 e. The minimum absolute atomic E-state index is 0.0188. The molecule has 2 rings (SSSR count). The Labute approximate surface area is 102 Å². The van der Waals surface area contributed by atoms with E-state index < -0.39 is 17.6 Å². The van der Waals surface area contributed by atoms with Crippen LogP contribution < -0.4 is 5.32 Å². The van der Waals surface area contributed by atoms with Gasteiger partial charge in [0, 0.05) is 12.6 Å². The van der Waals surface area contributed by atoms with E-state index in [9.17, 15) is 17.6 Å². The second kappa shape index (κ2) is 4.85. The predicted octanol–water partition coefficient (Wildman–Crippen LogP) is 2.46. The summed E-state index contributed by atoms with van der Waals surface area (Å²) in [4.78, 5) is 0. The van der Waals surface area contributed by atoms with Gasteiger partial charge < -0.3 is 10.4 Å². The topological polar surface area (TPSA) is 32.3 Å². The van der Waals surface area contributed by atoms with Crippen molar-refractivity contribution in [1.82, 2.24) is 5.32 Å². The lowest BCUT2D eigenvalue weighted by atomic mass is 9.89. The average molecular weight is 263 g/mol. The molecule has 1 aliphatic rings. The molecule has 100 valence electrons. The highest BCUT2D eigenvalue weighted by Gasteiger charge is 2.34. The molecule has 1 aromatic rings. The largest absolute Gasteiger partial charge is 0.416 e. The van der Waals surface area contributed by atoms with Crippen molar-refractivity contribution in [2.24, 2.45) is 0 Å².